The average molecular weight is 446 g/mol. The van der Waals surface area contributed by atoms with Crippen molar-refractivity contribution in [3.8, 4) is 5.75 Å². The van der Waals surface area contributed by atoms with E-state index in [0.717, 1.165) is 24.2 Å². The summed E-state index contributed by atoms with van der Waals surface area (Å²) in [5, 5.41) is 16.2. The van der Waals surface area contributed by atoms with Crippen molar-refractivity contribution in [3.05, 3.63) is 51.1 Å². The molecule has 0 amide bonds. The predicted octanol–water partition coefficient (Wildman–Crippen LogP) is 1.74. The summed E-state index contributed by atoms with van der Waals surface area (Å²) in [6, 6.07) is 6.89. The van der Waals surface area contributed by atoms with Gasteiger partial charge in [0.05, 0.1) is 5.52 Å². The predicted molar refractivity (Wildman–Crippen MR) is 116 cm³/mol. The minimum atomic E-state index is -4.08. The molecule has 1 saturated carbocycles. The van der Waals surface area contributed by atoms with Gasteiger partial charge in [-0.25, -0.2) is 4.68 Å². The molecular weight excluding hydrogens is 426 g/mol. The van der Waals surface area contributed by atoms with E-state index in [1.54, 1.807) is 29.6 Å². The van der Waals surface area contributed by atoms with Crippen molar-refractivity contribution in [3.63, 3.8) is 0 Å². The highest BCUT2D eigenvalue weighted by Gasteiger charge is 2.33. The van der Waals surface area contributed by atoms with E-state index in [4.69, 9.17) is 5.73 Å². The van der Waals surface area contributed by atoms with E-state index < -0.39 is 15.6 Å². The first-order valence-electron chi connectivity index (χ1n) is 9.44. The zero-order valence-corrected chi connectivity index (χ0v) is 17.4. The summed E-state index contributed by atoms with van der Waals surface area (Å²) in [5.41, 5.74) is 8.95. The fourth-order valence-electron chi connectivity index (χ4n) is 3.54. The highest BCUT2D eigenvalue weighted by molar-refractivity contribution is 7.90. The van der Waals surface area contributed by atoms with Crippen LogP contribution in [-0.2, 0) is 16.6 Å². The highest BCUT2D eigenvalue weighted by Crippen LogP contribution is 2.38. The molecule has 2 aromatic heterocycles. The van der Waals surface area contributed by atoms with Crippen molar-refractivity contribution >= 4 is 43.1 Å². The topological polar surface area (TPSA) is 139 Å². The van der Waals surface area contributed by atoms with E-state index >= 15 is 0 Å². The van der Waals surface area contributed by atoms with Crippen molar-refractivity contribution in [1.82, 2.24) is 4.68 Å². The monoisotopic (exact) mass is 445 g/mol. The zero-order chi connectivity index (χ0) is 21.0. The molecule has 3 aromatic rings. The number of rotatable bonds is 5. The number of para-hydroxylation sites is 1. The number of pyridine rings is 1. The highest BCUT2D eigenvalue weighted by atomic mass is 32.2. The van der Waals surface area contributed by atoms with Gasteiger partial charge in [-0.2, -0.15) is 8.42 Å². The molecule has 0 bridgehead atoms. The van der Waals surface area contributed by atoms with Gasteiger partial charge < -0.3 is 21.6 Å². The molecule has 1 fully saturated rings. The molecule has 1 aliphatic heterocycles. The third-order valence-corrected chi connectivity index (χ3v) is 7.74. The smallest absolute Gasteiger partial charge is 0.287 e. The molecular formula is C19H19N5O4S2. The van der Waals surface area contributed by atoms with Gasteiger partial charge >= 0.3 is 0 Å². The minimum Gasteiger partial charge on any atom is -0.506 e. The summed E-state index contributed by atoms with van der Waals surface area (Å²) < 4.78 is 30.8. The van der Waals surface area contributed by atoms with Crippen LogP contribution in [0, 0.1) is 5.92 Å². The first kappa shape index (κ1) is 19.1. The molecule has 30 heavy (non-hydrogen) atoms. The van der Waals surface area contributed by atoms with Gasteiger partial charge in [-0.05, 0) is 41.8 Å². The van der Waals surface area contributed by atoms with E-state index in [9.17, 15) is 18.3 Å². The minimum absolute atomic E-state index is 0.0196. The number of fused-ring (bicyclic) bond motifs is 2. The molecule has 11 heteroatoms. The molecule has 3 heterocycles. The summed E-state index contributed by atoms with van der Waals surface area (Å²) in [4.78, 5) is 13.3. The van der Waals surface area contributed by atoms with Crippen LogP contribution < -0.4 is 22.0 Å². The Morgan fingerprint density at radius 3 is 2.83 bits per heavy atom. The van der Waals surface area contributed by atoms with Gasteiger partial charge in [0.15, 0.2) is 5.84 Å². The van der Waals surface area contributed by atoms with Crippen LogP contribution >= 0.6 is 11.3 Å². The normalized spacial score (nSPS) is 17.3. The molecule has 2 aliphatic rings. The van der Waals surface area contributed by atoms with E-state index in [1.165, 1.54) is 4.68 Å². The van der Waals surface area contributed by atoms with Crippen LogP contribution in [0.2, 0.25) is 0 Å². The number of benzene rings is 1. The van der Waals surface area contributed by atoms with Crippen LogP contribution in [0.5, 0.6) is 5.75 Å². The fourth-order valence-corrected chi connectivity index (χ4v) is 6.17. The second-order valence-corrected chi connectivity index (χ2v) is 9.77. The van der Waals surface area contributed by atoms with E-state index in [2.05, 4.69) is 15.1 Å². The van der Waals surface area contributed by atoms with Gasteiger partial charge in [0.2, 0.25) is 0 Å². The van der Waals surface area contributed by atoms with Crippen molar-refractivity contribution in [2.45, 2.75) is 24.3 Å². The lowest BCUT2D eigenvalue weighted by molar-refractivity contribution is 0.478. The Kier molecular flexibility index (Phi) is 4.34. The quantitative estimate of drug-likeness (QED) is 0.469. The van der Waals surface area contributed by atoms with Gasteiger partial charge in [-0.15, -0.1) is 15.7 Å². The molecule has 0 atom stereocenters. The second-order valence-electron chi connectivity index (χ2n) is 7.35. The van der Waals surface area contributed by atoms with Crippen LogP contribution in [0.25, 0.3) is 10.9 Å². The number of aromatic hydroxyl groups is 1. The van der Waals surface area contributed by atoms with Crippen LogP contribution in [0.3, 0.4) is 0 Å². The maximum absolute atomic E-state index is 13.3. The Labute approximate surface area is 175 Å². The molecule has 9 nitrogen and oxygen atoms in total. The number of nitrogens with one attached hydrogen (secondary N) is 2. The van der Waals surface area contributed by atoms with Crippen LogP contribution in [0.15, 0.2) is 43.7 Å². The van der Waals surface area contributed by atoms with Crippen LogP contribution in [0.4, 0.5) is 5.00 Å². The number of hydrogen-bond donors (Lipinski definition) is 4. The lowest BCUT2D eigenvalue weighted by Gasteiger charge is -2.20. The fraction of sp³-hybridized carbons (Fsp3) is 0.263. The molecule has 0 spiro atoms. The first-order valence-corrected chi connectivity index (χ1v) is 11.8. The molecule has 0 radical (unpaired) electrons. The maximum Gasteiger partial charge on any atom is 0.287 e. The van der Waals surface area contributed by atoms with Gasteiger partial charge in [0.25, 0.3) is 15.6 Å². The summed E-state index contributed by atoms with van der Waals surface area (Å²) in [6.45, 7) is 0.665. The Morgan fingerprint density at radius 2 is 2.10 bits per heavy atom. The lowest BCUT2D eigenvalue weighted by atomic mass is 10.1. The van der Waals surface area contributed by atoms with Gasteiger partial charge in [-0.3, -0.25) is 4.79 Å². The number of sulfonamides is 1. The lowest BCUT2D eigenvalue weighted by Crippen LogP contribution is -2.36. The van der Waals surface area contributed by atoms with Crippen molar-refractivity contribution in [2.75, 3.05) is 17.3 Å². The number of nitrogens with two attached hydrogens (primary N) is 1. The molecule has 0 unspecified atom stereocenters. The Balaban J connectivity index is 1.71. The maximum atomic E-state index is 13.3. The van der Waals surface area contributed by atoms with Crippen molar-refractivity contribution < 1.29 is 13.5 Å². The van der Waals surface area contributed by atoms with Crippen LogP contribution in [-0.4, -0.2) is 30.6 Å². The van der Waals surface area contributed by atoms with E-state index in [0.29, 0.717) is 33.9 Å². The second kappa shape index (κ2) is 6.83. The largest absolute Gasteiger partial charge is 0.506 e. The van der Waals surface area contributed by atoms with E-state index in [-0.39, 0.29) is 28.6 Å². The zero-order valence-electron chi connectivity index (χ0n) is 15.8. The van der Waals surface area contributed by atoms with Crippen molar-refractivity contribution in [1.29, 1.82) is 0 Å². The Morgan fingerprint density at radius 1 is 1.33 bits per heavy atom. The number of aromatic nitrogens is 1. The average Bonchev–Trinajstić information content (AvgIpc) is 3.44. The number of nitrogens with zero attached hydrogens (tertiary/aromatic N) is 2. The number of thiophene rings is 1. The molecule has 1 aliphatic carbocycles. The third-order valence-electron chi connectivity index (χ3n) is 5.26. The van der Waals surface area contributed by atoms with Gasteiger partial charge in [0, 0.05) is 18.5 Å². The molecule has 1 aromatic carbocycles. The molecule has 156 valence electrons. The molecule has 5 N–H and O–H groups in total. The summed E-state index contributed by atoms with van der Waals surface area (Å²) in [6.07, 6.45) is 2.20. The van der Waals surface area contributed by atoms with Crippen molar-refractivity contribution in [2.24, 2.45) is 16.0 Å². The van der Waals surface area contributed by atoms with Gasteiger partial charge in [0.1, 0.15) is 21.2 Å². The standard InChI is InChI=1S/C19H19N5O4S2/c20-7-11-9-29-18-16(11)30(27,28)23-17(22-18)14-15(25)12-3-1-2-4-13(12)24(19(14)26)21-8-10-5-6-10/h1-4,9-10,21,25H,5-8,20H2,(H,22,23). The Bertz CT molecular complexity index is 1370. The van der Waals surface area contributed by atoms with Gasteiger partial charge in [-0.1, -0.05) is 12.1 Å². The number of anilines is 1. The Hall–Kier alpha value is -2.89. The first-order chi connectivity index (χ1) is 14.4. The van der Waals surface area contributed by atoms with E-state index in [1.807, 2.05) is 0 Å². The summed E-state index contributed by atoms with van der Waals surface area (Å²) in [5.74, 6) is -0.0227. The molecule has 0 saturated heterocycles. The number of amidine groups is 1. The van der Waals surface area contributed by atoms with Crippen LogP contribution in [0.1, 0.15) is 24.0 Å². The summed E-state index contributed by atoms with van der Waals surface area (Å²) >= 11 is 1.16. The third kappa shape index (κ3) is 2.97. The summed E-state index contributed by atoms with van der Waals surface area (Å²) in [7, 11) is -4.08. The number of hydrogen-bond acceptors (Lipinski definition) is 8. The SMILES string of the molecule is NCc1csc2c1S(=O)(=O)N=C(c1c(O)c3ccccc3n(NCC3CC3)c1=O)N2. The molecule has 5 rings (SSSR count).